The topological polar surface area (TPSA) is 382 Å². The second-order valence-corrected chi connectivity index (χ2v) is 22.0. The molecule has 17 N–H and O–H groups in total. The van der Waals surface area contributed by atoms with Crippen molar-refractivity contribution in [2.45, 2.75) is 222 Å². The Hall–Kier alpha value is -4.66. The standard InChI is InChI=1S/C65H103NO19/c1-44(27-20-16-12-8-5-6-11-15-19-23-35-60(78)79)61(80)46(3)57(76)33-21-17-13-9-7-10-14-18-22-34-59(85-65-64(83)63(82)62(81)47(4)84-65)45(2)58(77)43-56(75)42-55(74)40-51(70)31-25-30-50(69)39-54(73)41-53(72)38-49(68)29-24-28-48(67)37-52(71)32-26-36-66/h5-11,13-15,17-25,27,29,31,33,35,44-57,59,61-65,67-76,80-83H,12,16,26,28,30,32,34,36-43,66H2,1-4H3,(H,78,79)/b8-5+,9-7+,11-6+,14-10+,17-13+,19-15+,22-18+,27-20+,29-24+,31-25+,33-21+,35-23+. The number of ether oxygens (including phenoxy) is 2. The quantitative estimate of drug-likeness (QED) is 0.0178. The van der Waals surface area contributed by atoms with Crippen molar-refractivity contribution in [2.75, 3.05) is 6.54 Å². The normalized spacial score (nSPS) is 24.1. The molecule has 0 saturated carbocycles. The van der Waals surface area contributed by atoms with E-state index in [2.05, 4.69) is 0 Å². The summed E-state index contributed by atoms with van der Waals surface area (Å²) < 4.78 is 11.7. The molecule has 0 aromatic carbocycles. The predicted octanol–water partition coefficient (Wildman–Crippen LogP) is 3.83. The minimum absolute atomic E-state index is 0.0241. The molecule has 482 valence electrons. The highest BCUT2D eigenvalue weighted by atomic mass is 16.7. The predicted molar refractivity (Wildman–Crippen MR) is 327 cm³/mol. The highest BCUT2D eigenvalue weighted by Crippen LogP contribution is 2.27. The highest BCUT2D eigenvalue weighted by molar-refractivity contribution is 5.81. The first-order valence-corrected chi connectivity index (χ1v) is 29.7. The van der Waals surface area contributed by atoms with Crippen molar-refractivity contribution in [2.24, 2.45) is 23.5 Å². The third-order valence-corrected chi connectivity index (χ3v) is 14.2. The van der Waals surface area contributed by atoms with Crippen LogP contribution in [0.2, 0.25) is 0 Å². The summed E-state index contributed by atoms with van der Waals surface area (Å²) in [5.74, 6) is -2.97. The Morgan fingerprint density at radius 1 is 0.518 bits per heavy atom. The smallest absolute Gasteiger partial charge is 0.328 e. The number of allylic oxidation sites excluding steroid dienone is 16. The second kappa shape index (κ2) is 46.5. The van der Waals surface area contributed by atoms with E-state index in [-0.39, 0.29) is 63.7 Å². The largest absolute Gasteiger partial charge is 0.478 e. The molecule has 0 spiro atoms. The molecule has 0 bridgehead atoms. The molecule has 1 fully saturated rings. The van der Waals surface area contributed by atoms with Crippen molar-refractivity contribution in [3.05, 3.63) is 146 Å². The lowest BCUT2D eigenvalue weighted by atomic mass is 9.88. The van der Waals surface area contributed by atoms with Crippen LogP contribution >= 0.6 is 0 Å². The van der Waals surface area contributed by atoms with Crippen LogP contribution in [0.15, 0.2) is 146 Å². The molecule has 20 nitrogen and oxygen atoms in total. The van der Waals surface area contributed by atoms with Gasteiger partial charge in [-0.25, -0.2) is 4.79 Å². The van der Waals surface area contributed by atoms with Crippen LogP contribution in [0.25, 0.3) is 0 Å². The second-order valence-electron chi connectivity index (χ2n) is 22.0. The number of nitrogens with two attached hydrogens (primary N) is 1. The molecule has 0 amide bonds. The number of carboxylic acids is 1. The van der Waals surface area contributed by atoms with Gasteiger partial charge >= 0.3 is 5.97 Å². The fraction of sp³-hybridized carbons (Fsp3) is 0.600. The summed E-state index contributed by atoms with van der Waals surface area (Å²) in [4.78, 5) is 24.0. The molecule has 0 aromatic heterocycles. The van der Waals surface area contributed by atoms with Crippen molar-refractivity contribution in [1.82, 2.24) is 0 Å². The van der Waals surface area contributed by atoms with E-state index in [1.807, 2.05) is 37.3 Å². The van der Waals surface area contributed by atoms with Gasteiger partial charge in [0.15, 0.2) is 6.29 Å². The zero-order valence-electron chi connectivity index (χ0n) is 49.9. The summed E-state index contributed by atoms with van der Waals surface area (Å²) in [5.41, 5.74) is 5.44. The Balaban J connectivity index is 2.69. The van der Waals surface area contributed by atoms with Crippen molar-refractivity contribution >= 4 is 11.8 Å². The molecule has 85 heavy (non-hydrogen) atoms. The van der Waals surface area contributed by atoms with Gasteiger partial charge in [-0.05, 0) is 84.1 Å². The molecule has 1 rings (SSSR count). The van der Waals surface area contributed by atoms with Crippen LogP contribution in [-0.4, -0.2) is 199 Å². The summed E-state index contributed by atoms with van der Waals surface area (Å²) in [6.45, 7) is 7.17. The lowest BCUT2D eigenvalue weighted by molar-refractivity contribution is -0.306. The van der Waals surface area contributed by atoms with E-state index in [0.717, 1.165) is 18.9 Å². The number of carbonyl (C=O) groups is 2. The number of ketones is 1. The molecule has 1 saturated heterocycles. The maximum atomic E-state index is 13.6. The first-order chi connectivity index (χ1) is 40.4. The number of carboxylic acid groups (broad SMARTS) is 1. The molecule has 20 atom stereocenters. The lowest BCUT2D eigenvalue weighted by Gasteiger charge is -2.41. The number of aliphatic carboxylic acids is 1. The number of carbonyl (C=O) groups excluding carboxylic acids is 1. The number of rotatable bonds is 45. The molecule has 0 radical (unpaired) electrons. The van der Waals surface area contributed by atoms with Crippen LogP contribution in [-0.2, 0) is 19.1 Å². The fourth-order valence-corrected chi connectivity index (χ4v) is 8.99. The van der Waals surface area contributed by atoms with E-state index < -0.39 is 134 Å². The SMILES string of the molecule is CC(/C=C/CC/C=C/C=C/C=C/C=C/C(=O)O)C(O)C(C)C(O)/C=C/C=C/C=C/C=C/C=C/CC(OC1OC(C)C(O)C(O)C1O)C(C)C(=O)CC(O)CC(O)CC(O)/C=C/CC(O)CC(O)CC(O)CC(O)/C=C/CC(O)CC(O)CCCN. The lowest BCUT2D eigenvalue weighted by Crippen LogP contribution is -2.58. The van der Waals surface area contributed by atoms with Gasteiger partial charge in [0, 0.05) is 43.1 Å². The molecule has 1 aliphatic heterocycles. The Kier molecular flexibility index (Phi) is 42.9. The maximum Gasteiger partial charge on any atom is 0.328 e. The van der Waals surface area contributed by atoms with Crippen LogP contribution < -0.4 is 5.73 Å². The van der Waals surface area contributed by atoms with Crippen molar-refractivity contribution in [3.8, 4) is 0 Å². The minimum Gasteiger partial charge on any atom is -0.478 e. The van der Waals surface area contributed by atoms with E-state index in [1.54, 1.807) is 98.9 Å². The number of hydrogen-bond donors (Lipinski definition) is 16. The maximum absolute atomic E-state index is 13.6. The molecular formula is C65H103NO19. The Labute approximate surface area is 503 Å². The third kappa shape index (κ3) is 37.6. The molecule has 1 heterocycles. The van der Waals surface area contributed by atoms with Crippen LogP contribution in [0.1, 0.15) is 118 Å². The number of aliphatic hydroxyl groups is 14. The van der Waals surface area contributed by atoms with Crippen molar-refractivity contribution in [3.63, 3.8) is 0 Å². The van der Waals surface area contributed by atoms with E-state index in [0.29, 0.717) is 19.4 Å². The molecule has 0 aromatic rings. The number of hydrogen-bond acceptors (Lipinski definition) is 19. The van der Waals surface area contributed by atoms with Crippen LogP contribution in [0, 0.1) is 17.8 Å². The first-order valence-electron chi connectivity index (χ1n) is 29.7. The molecule has 20 unspecified atom stereocenters. The van der Waals surface area contributed by atoms with Gasteiger partial charge in [-0.3, -0.25) is 4.79 Å². The highest BCUT2D eigenvalue weighted by Gasteiger charge is 2.44. The Bertz CT molecular complexity index is 2170. The zero-order valence-corrected chi connectivity index (χ0v) is 49.9. The first kappa shape index (κ1) is 78.4. The number of aliphatic hydroxyl groups excluding tert-OH is 14. The molecular weight excluding hydrogens is 1100 g/mol. The summed E-state index contributed by atoms with van der Waals surface area (Å²) in [7, 11) is 0. The number of Topliss-reactive ketones (excluding diaryl/α,β-unsaturated/α-hetero) is 1. The Morgan fingerprint density at radius 3 is 1.56 bits per heavy atom. The summed E-state index contributed by atoms with van der Waals surface area (Å²) in [6.07, 6.45) is 23.2. The van der Waals surface area contributed by atoms with Gasteiger partial charge in [-0.15, -0.1) is 0 Å². The summed E-state index contributed by atoms with van der Waals surface area (Å²) >= 11 is 0. The molecule has 0 aliphatic carbocycles. The zero-order chi connectivity index (χ0) is 63.7. The van der Waals surface area contributed by atoms with Gasteiger partial charge in [-0.2, -0.15) is 0 Å². The fourth-order valence-electron chi connectivity index (χ4n) is 8.99. The van der Waals surface area contributed by atoms with E-state index >= 15 is 0 Å². The minimum atomic E-state index is -1.64. The Morgan fingerprint density at radius 2 is 1.00 bits per heavy atom. The molecule has 1 aliphatic rings. The molecule has 20 heteroatoms. The van der Waals surface area contributed by atoms with Crippen LogP contribution in [0.5, 0.6) is 0 Å². The number of unbranched alkanes of at least 4 members (excludes halogenated alkanes) is 1. The average Bonchev–Trinajstić information content (AvgIpc) is 3.30. The van der Waals surface area contributed by atoms with Gasteiger partial charge in [0.2, 0.25) is 0 Å². The van der Waals surface area contributed by atoms with E-state index in [9.17, 15) is 81.1 Å². The van der Waals surface area contributed by atoms with Gasteiger partial charge in [0.05, 0.1) is 79.4 Å². The van der Waals surface area contributed by atoms with Gasteiger partial charge in [-0.1, -0.05) is 161 Å². The summed E-state index contributed by atoms with van der Waals surface area (Å²) in [5, 5.41) is 155. The van der Waals surface area contributed by atoms with Gasteiger partial charge < -0.3 is 91.8 Å². The van der Waals surface area contributed by atoms with E-state index in [4.69, 9.17) is 20.3 Å². The van der Waals surface area contributed by atoms with Crippen LogP contribution in [0.4, 0.5) is 0 Å². The monoisotopic (exact) mass is 1200 g/mol. The van der Waals surface area contributed by atoms with Gasteiger partial charge in [0.25, 0.3) is 0 Å². The average molecular weight is 1200 g/mol. The third-order valence-electron chi connectivity index (χ3n) is 14.2. The van der Waals surface area contributed by atoms with Crippen molar-refractivity contribution in [1.29, 1.82) is 0 Å². The van der Waals surface area contributed by atoms with E-state index in [1.165, 1.54) is 31.2 Å². The van der Waals surface area contributed by atoms with Gasteiger partial charge in [0.1, 0.15) is 24.1 Å². The summed E-state index contributed by atoms with van der Waals surface area (Å²) in [6, 6.07) is 0. The van der Waals surface area contributed by atoms with Crippen molar-refractivity contribution < 1.29 is 95.7 Å². The van der Waals surface area contributed by atoms with Crippen LogP contribution in [0.3, 0.4) is 0 Å².